The van der Waals surface area contributed by atoms with Gasteiger partial charge in [0.15, 0.2) is 0 Å². The number of carbonyl (C=O) groups is 2. The van der Waals surface area contributed by atoms with E-state index in [1.54, 1.807) is 13.8 Å². The lowest BCUT2D eigenvalue weighted by molar-refractivity contribution is -0.167. The second-order valence-electron chi connectivity index (χ2n) is 2.36. The Morgan fingerprint density at radius 3 is 2.29 bits per heavy atom. The van der Waals surface area contributed by atoms with Crippen LogP contribution in [-0.2, 0) is 19.1 Å². The minimum atomic E-state index is -1.17. The molecular formula is C9H13FO4. The fourth-order valence-corrected chi connectivity index (χ4v) is 0.664. The SMILES string of the molecule is CCC=C(F)COC(=O)C(=O)OCC. The topological polar surface area (TPSA) is 52.6 Å². The molecule has 0 radical (unpaired) electrons. The maximum absolute atomic E-state index is 12.6. The average Bonchev–Trinajstić information content (AvgIpc) is 2.15. The lowest BCUT2D eigenvalue weighted by atomic mass is 10.4. The molecule has 0 aliphatic carbocycles. The maximum atomic E-state index is 12.6. The first-order valence-corrected chi connectivity index (χ1v) is 4.30. The fraction of sp³-hybridized carbons (Fsp3) is 0.556. The molecule has 0 aromatic rings. The lowest BCUT2D eigenvalue weighted by Crippen LogP contribution is -2.20. The molecule has 14 heavy (non-hydrogen) atoms. The highest BCUT2D eigenvalue weighted by Gasteiger charge is 2.16. The average molecular weight is 204 g/mol. The van der Waals surface area contributed by atoms with Gasteiger partial charge >= 0.3 is 11.9 Å². The summed E-state index contributed by atoms with van der Waals surface area (Å²) in [6.45, 7) is 2.86. The molecule has 0 N–H and O–H groups in total. The van der Waals surface area contributed by atoms with Crippen molar-refractivity contribution in [2.45, 2.75) is 20.3 Å². The van der Waals surface area contributed by atoms with Crippen molar-refractivity contribution >= 4 is 11.9 Å². The van der Waals surface area contributed by atoms with Gasteiger partial charge in [0.25, 0.3) is 0 Å². The second kappa shape index (κ2) is 7.06. The lowest BCUT2D eigenvalue weighted by Gasteiger charge is -2.01. The molecule has 0 aromatic carbocycles. The van der Waals surface area contributed by atoms with Gasteiger partial charge in [-0.15, -0.1) is 0 Å². The Bertz CT molecular complexity index is 235. The molecule has 0 rings (SSSR count). The van der Waals surface area contributed by atoms with Crippen LogP contribution < -0.4 is 0 Å². The Morgan fingerprint density at radius 2 is 1.79 bits per heavy atom. The normalized spacial score (nSPS) is 10.9. The van der Waals surface area contributed by atoms with Gasteiger partial charge < -0.3 is 9.47 Å². The summed E-state index contributed by atoms with van der Waals surface area (Å²) in [6, 6.07) is 0. The summed E-state index contributed by atoms with van der Waals surface area (Å²) < 4.78 is 21.3. The fourth-order valence-electron chi connectivity index (χ4n) is 0.664. The van der Waals surface area contributed by atoms with E-state index in [1.807, 2.05) is 0 Å². The molecule has 0 saturated carbocycles. The summed E-state index contributed by atoms with van der Waals surface area (Å²) >= 11 is 0. The van der Waals surface area contributed by atoms with Gasteiger partial charge in [0, 0.05) is 0 Å². The first-order chi connectivity index (χ1) is 6.61. The zero-order chi connectivity index (χ0) is 11.0. The van der Waals surface area contributed by atoms with Crippen molar-refractivity contribution in [3.8, 4) is 0 Å². The van der Waals surface area contributed by atoms with E-state index in [0.29, 0.717) is 6.42 Å². The third kappa shape index (κ3) is 5.29. The van der Waals surface area contributed by atoms with Crippen molar-refractivity contribution < 1.29 is 23.5 Å². The minimum absolute atomic E-state index is 0.0845. The summed E-state index contributed by atoms with van der Waals surface area (Å²) in [5.74, 6) is -2.85. The number of hydrogen-bond donors (Lipinski definition) is 0. The third-order valence-electron chi connectivity index (χ3n) is 1.21. The third-order valence-corrected chi connectivity index (χ3v) is 1.21. The predicted molar refractivity (Wildman–Crippen MR) is 47.1 cm³/mol. The van der Waals surface area contributed by atoms with Crippen LogP contribution in [0, 0.1) is 0 Å². The van der Waals surface area contributed by atoms with Crippen LogP contribution in [-0.4, -0.2) is 25.2 Å². The molecule has 0 fully saturated rings. The number of rotatable bonds is 4. The first kappa shape index (κ1) is 12.6. The Hall–Kier alpha value is -1.39. The van der Waals surface area contributed by atoms with Crippen molar-refractivity contribution in [1.82, 2.24) is 0 Å². The standard InChI is InChI=1S/C9H13FO4/c1-3-5-7(10)6-14-9(12)8(11)13-4-2/h5H,3-4,6H2,1-2H3. The van der Waals surface area contributed by atoms with Crippen LogP contribution in [0.4, 0.5) is 4.39 Å². The molecule has 0 atom stereocenters. The smallest absolute Gasteiger partial charge is 0.417 e. The van der Waals surface area contributed by atoms with Crippen LogP contribution in [0.15, 0.2) is 11.9 Å². The molecule has 80 valence electrons. The van der Waals surface area contributed by atoms with Crippen LogP contribution in [0.3, 0.4) is 0 Å². The van der Waals surface area contributed by atoms with Gasteiger partial charge in [0.05, 0.1) is 6.61 Å². The van der Waals surface area contributed by atoms with Crippen molar-refractivity contribution in [1.29, 1.82) is 0 Å². The second-order valence-corrected chi connectivity index (χ2v) is 2.36. The molecule has 0 amide bonds. The monoisotopic (exact) mass is 204 g/mol. The van der Waals surface area contributed by atoms with Gasteiger partial charge in [-0.25, -0.2) is 14.0 Å². The van der Waals surface area contributed by atoms with Crippen LogP contribution in [0.2, 0.25) is 0 Å². The van der Waals surface area contributed by atoms with E-state index in [2.05, 4.69) is 9.47 Å². The summed E-state index contributed by atoms with van der Waals surface area (Å²) in [4.78, 5) is 21.4. The van der Waals surface area contributed by atoms with Crippen molar-refractivity contribution in [3.63, 3.8) is 0 Å². The highest BCUT2D eigenvalue weighted by atomic mass is 19.1. The van der Waals surface area contributed by atoms with Crippen molar-refractivity contribution in [3.05, 3.63) is 11.9 Å². The molecule has 0 aliphatic heterocycles. The largest absolute Gasteiger partial charge is 0.458 e. The number of carbonyl (C=O) groups excluding carboxylic acids is 2. The van der Waals surface area contributed by atoms with E-state index in [0.717, 1.165) is 0 Å². The summed E-state index contributed by atoms with van der Waals surface area (Å²) in [5, 5.41) is 0. The molecule has 0 spiro atoms. The predicted octanol–water partition coefficient (Wildman–Crippen LogP) is 1.36. The number of hydrogen-bond acceptors (Lipinski definition) is 4. The van der Waals surface area contributed by atoms with Gasteiger partial charge in [-0.1, -0.05) is 6.92 Å². The summed E-state index contributed by atoms with van der Waals surface area (Å²) in [5.41, 5.74) is 0. The Morgan fingerprint density at radius 1 is 1.21 bits per heavy atom. The van der Waals surface area contributed by atoms with Crippen LogP contribution >= 0.6 is 0 Å². The zero-order valence-electron chi connectivity index (χ0n) is 8.21. The Balaban J connectivity index is 3.85. The van der Waals surface area contributed by atoms with E-state index in [1.165, 1.54) is 6.08 Å². The quantitative estimate of drug-likeness (QED) is 0.512. The van der Waals surface area contributed by atoms with E-state index < -0.39 is 24.4 Å². The Labute approximate surface area is 81.7 Å². The van der Waals surface area contributed by atoms with Gasteiger partial charge in [0.1, 0.15) is 12.4 Å². The van der Waals surface area contributed by atoms with Crippen LogP contribution in [0.25, 0.3) is 0 Å². The number of allylic oxidation sites excluding steroid dienone is 1. The van der Waals surface area contributed by atoms with E-state index in [-0.39, 0.29) is 6.61 Å². The molecule has 0 aromatic heterocycles. The molecular weight excluding hydrogens is 191 g/mol. The zero-order valence-corrected chi connectivity index (χ0v) is 8.21. The number of ether oxygens (including phenoxy) is 2. The van der Waals surface area contributed by atoms with Crippen LogP contribution in [0.1, 0.15) is 20.3 Å². The van der Waals surface area contributed by atoms with E-state index in [4.69, 9.17) is 0 Å². The van der Waals surface area contributed by atoms with Crippen molar-refractivity contribution in [2.75, 3.05) is 13.2 Å². The molecule has 4 nitrogen and oxygen atoms in total. The number of esters is 2. The number of halogens is 1. The highest BCUT2D eigenvalue weighted by molar-refractivity contribution is 6.29. The molecule has 0 heterocycles. The van der Waals surface area contributed by atoms with Crippen LogP contribution in [0.5, 0.6) is 0 Å². The molecule has 0 saturated heterocycles. The molecule has 0 aliphatic rings. The minimum Gasteiger partial charge on any atom is -0.458 e. The van der Waals surface area contributed by atoms with Gasteiger partial charge in [-0.2, -0.15) is 0 Å². The maximum Gasteiger partial charge on any atom is 0.417 e. The molecule has 0 unspecified atom stereocenters. The summed E-state index contributed by atoms with van der Waals surface area (Å²) in [7, 11) is 0. The van der Waals surface area contributed by atoms with Gasteiger partial charge in [-0.05, 0) is 19.4 Å². The van der Waals surface area contributed by atoms with E-state index >= 15 is 0 Å². The van der Waals surface area contributed by atoms with E-state index in [9.17, 15) is 14.0 Å². The Kier molecular flexibility index (Phi) is 6.36. The van der Waals surface area contributed by atoms with Gasteiger partial charge in [-0.3, -0.25) is 0 Å². The van der Waals surface area contributed by atoms with Gasteiger partial charge in [0.2, 0.25) is 0 Å². The van der Waals surface area contributed by atoms with Crippen molar-refractivity contribution in [2.24, 2.45) is 0 Å². The highest BCUT2D eigenvalue weighted by Crippen LogP contribution is 1.99. The first-order valence-electron chi connectivity index (χ1n) is 4.30. The molecule has 0 bridgehead atoms. The summed E-state index contributed by atoms with van der Waals surface area (Å²) in [6.07, 6.45) is 1.77. The molecule has 5 heteroatoms.